The molecule has 7 atom stereocenters. The molecular formula is C109H103N3O31. The summed E-state index contributed by atoms with van der Waals surface area (Å²) in [5.74, 6) is 3.22. The Labute approximate surface area is 816 Å². The monoisotopic (exact) mass is 1950 g/mol. The molecule has 0 saturated carbocycles. The molecule has 34 nitrogen and oxygen atoms in total. The van der Waals surface area contributed by atoms with Crippen LogP contribution in [0.3, 0.4) is 0 Å². The van der Waals surface area contributed by atoms with Gasteiger partial charge in [0.25, 0.3) is 0 Å². The van der Waals surface area contributed by atoms with Crippen LogP contribution in [0, 0.1) is 0 Å². The lowest BCUT2D eigenvalue weighted by Gasteiger charge is -2.21. The van der Waals surface area contributed by atoms with Gasteiger partial charge < -0.3 is 122 Å². The summed E-state index contributed by atoms with van der Waals surface area (Å²) in [5, 5.41) is 127. The summed E-state index contributed by atoms with van der Waals surface area (Å²) in [6, 6.07) is 78.3. The molecule has 0 saturated heterocycles. The van der Waals surface area contributed by atoms with Crippen molar-refractivity contribution in [3.63, 3.8) is 0 Å². The minimum absolute atomic E-state index is 0.0757. The van der Waals surface area contributed by atoms with Crippen molar-refractivity contribution in [2.45, 2.75) is 68.8 Å². The average molecular weight is 1950 g/mol. The van der Waals surface area contributed by atoms with Crippen LogP contribution in [0.4, 0.5) is 0 Å². The maximum absolute atomic E-state index is 13.5. The molecular weight excluding hydrogens is 1850 g/mol. The lowest BCUT2D eigenvalue weighted by molar-refractivity contribution is 0.0168. The molecule has 0 fully saturated rings. The van der Waals surface area contributed by atoms with E-state index in [1.54, 1.807) is 109 Å². The van der Waals surface area contributed by atoms with Gasteiger partial charge >= 0.3 is 35.0 Å². The number of methoxy groups -OCH3 is 3. The first-order valence-corrected chi connectivity index (χ1v) is 45.3. The van der Waals surface area contributed by atoms with Gasteiger partial charge in [-0.25, -0.2) is 42.5 Å². The summed E-state index contributed by atoms with van der Waals surface area (Å²) >= 11 is 0. The number of hydrogen-bond acceptors (Lipinski definition) is 31. The molecule has 0 spiro atoms. The predicted octanol–water partition coefficient (Wildman–Crippen LogP) is 12.1. The number of benzene rings is 15. The minimum atomic E-state index is -1.65. The standard InChI is InChI=1S/C73H64O16.C36H39N3O15/c74-54-13-1-44-5-17-62(29-50(44)25-54)82-36-58(78)38-86-66-21-9-48-11-23-72(88-42-60(80)40-84-64-19-7-46-3-15-56(76)27-52(46)31-64)70(68(48)33-66)35-71-69-34-67(87-39-59(79)37-83-63-18-6-45-2-14-55(75)26-51(45)30-63)22-10-49(69)12-24-73(71)89-43-61(81)41-85-65-20-8-47-4-16-57(77)28-53(47)32-65;1-49-28-10-4-22(5-11-28)31(43)52-19-25(40)16-37-34(46)38(17-26(41)20-53-32(44)23-6-12-29(50-2)13-7-23)36(48)39(35(37)47)18-27(42)21-54-33(45)24-8-14-30(51-3)15-9-24/h1-34,58-61,74-81H,35-43H2;4-15,25-27,40-42H,16-21H2,1-3H3. The molecule has 15 aromatic carbocycles. The van der Waals surface area contributed by atoms with Gasteiger partial charge in [-0.15, -0.1) is 0 Å². The number of rotatable bonds is 44. The van der Waals surface area contributed by atoms with E-state index >= 15 is 0 Å². The first-order chi connectivity index (χ1) is 69.1. The van der Waals surface area contributed by atoms with E-state index in [4.69, 9.17) is 66.3 Å². The van der Waals surface area contributed by atoms with Crippen molar-refractivity contribution in [1.82, 2.24) is 13.7 Å². The molecule has 34 heteroatoms. The van der Waals surface area contributed by atoms with Crippen molar-refractivity contribution in [3.05, 3.63) is 338 Å². The molecule has 1 heterocycles. The Morgan fingerprint density at radius 2 is 0.455 bits per heavy atom. The molecule has 0 aliphatic heterocycles. The SMILES string of the molecule is COc1ccc(C(=O)OCC(O)Cn2c(=O)n(CC(O)COC(=O)c3ccc(OC)cc3)c(=O)n(CC(O)COC(=O)c3ccc(OC)cc3)c2=O)cc1.Oc1ccc2ccc(OCC(O)COc3ccc4ccc(OCC(O)COc5ccc6ccc(O)cc6c5)c(Cc5c(OCC(O)COc6ccc7ccc(O)cc7c6)ccc6ccc(OCC(O)COc7ccc8ccc(O)cc8c7)cc56)c4c3)cc2c1. The number of aliphatic hydroxyl groups is 7. The van der Waals surface area contributed by atoms with Gasteiger partial charge in [-0.05, 0) is 271 Å². The number of aromatic hydroxyl groups is 4. The van der Waals surface area contributed by atoms with E-state index in [1.165, 1.54) is 94.1 Å². The second-order valence-electron chi connectivity index (χ2n) is 33.5. The third-order valence-corrected chi connectivity index (χ3v) is 22.9. The maximum Gasteiger partial charge on any atom is 0.338 e. The van der Waals surface area contributed by atoms with Gasteiger partial charge in [0.15, 0.2) is 0 Å². The minimum Gasteiger partial charge on any atom is -0.508 e. The fourth-order valence-electron chi connectivity index (χ4n) is 15.5. The van der Waals surface area contributed by atoms with Gasteiger partial charge in [-0.1, -0.05) is 72.8 Å². The third kappa shape index (κ3) is 26.9. The number of nitrogens with zero attached hydrogens (tertiary/aromatic N) is 3. The Balaban J connectivity index is 0.000000245. The van der Waals surface area contributed by atoms with Gasteiger partial charge in [-0.3, -0.25) is 0 Å². The zero-order valence-corrected chi connectivity index (χ0v) is 77.6. The molecule has 1 aromatic heterocycles. The van der Waals surface area contributed by atoms with E-state index in [2.05, 4.69) is 0 Å². The zero-order valence-electron chi connectivity index (χ0n) is 77.6. The Morgan fingerprint density at radius 1 is 0.238 bits per heavy atom. The van der Waals surface area contributed by atoms with Gasteiger partial charge in [0.1, 0.15) is 202 Å². The van der Waals surface area contributed by atoms with Crippen molar-refractivity contribution in [2.75, 3.05) is 94.0 Å². The molecule has 16 aromatic rings. The van der Waals surface area contributed by atoms with Gasteiger partial charge in [0.2, 0.25) is 0 Å². The summed E-state index contributed by atoms with van der Waals surface area (Å²) in [6.07, 6.45) is -9.05. The zero-order chi connectivity index (χ0) is 101. The quantitative estimate of drug-likeness (QED) is 0.0125. The highest BCUT2D eigenvalue weighted by Crippen LogP contribution is 2.40. The van der Waals surface area contributed by atoms with E-state index in [0.29, 0.717) is 98.8 Å². The van der Waals surface area contributed by atoms with Crippen LogP contribution in [0.25, 0.3) is 64.6 Å². The van der Waals surface area contributed by atoms with E-state index in [9.17, 15) is 84.9 Å². The Morgan fingerprint density at radius 3 is 0.706 bits per heavy atom. The third-order valence-electron chi connectivity index (χ3n) is 22.9. The Bertz CT molecular complexity index is 6820. The highest BCUT2D eigenvalue weighted by atomic mass is 16.6. The van der Waals surface area contributed by atoms with Gasteiger partial charge in [0, 0.05) is 17.5 Å². The lowest BCUT2D eigenvalue weighted by Crippen LogP contribution is -2.57. The summed E-state index contributed by atoms with van der Waals surface area (Å²) in [6.45, 7) is -5.37. The van der Waals surface area contributed by atoms with Crippen molar-refractivity contribution >= 4 is 82.5 Å². The average Bonchev–Trinajstić information content (AvgIpc) is 0.775. The molecule has 16 rings (SSSR count). The highest BCUT2D eigenvalue weighted by molar-refractivity contribution is 5.95. The second-order valence-corrected chi connectivity index (χ2v) is 33.5. The van der Waals surface area contributed by atoms with Gasteiger partial charge in [0.05, 0.1) is 57.7 Å². The van der Waals surface area contributed by atoms with Crippen molar-refractivity contribution in [1.29, 1.82) is 0 Å². The predicted molar refractivity (Wildman–Crippen MR) is 528 cm³/mol. The molecule has 0 aliphatic carbocycles. The number of aliphatic hydroxyl groups excluding tert-OH is 7. The summed E-state index contributed by atoms with van der Waals surface area (Å²) in [4.78, 5) is 78.0. The fraction of sp³-hybridized carbons (Fsp3) is 0.229. The van der Waals surface area contributed by atoms with Crippen LogP contribution in [0.1, 0.15) is 42.2 Å². The highest BCUT2D eigenvalue weighted by Gasteiger charge is 2.27. The second kappa shape index (κ2) is 47.4. The summed E-state index contributed by atoms with van der Waals surface area (Å²) in [7, 11) is 4.34. The number of carbonyl (C=O) groups is 3. The lowest BCUT2D eigenvalue weighted by atomic mass is 9.93. The molecule has 7 unspecified atom stereocenters. The van der Waals surface area contributed by atoms with E-state index < -0.39 is 117 Å². The molecule has 740 valence electrons. The maximum atomic E-state index is 13.5. The molecule has 0 aliphatic rings. The first-order valence-electron chi connectivity index (χ1n) is 45.3. The largest absolute Gasteiger partial charge is 0.508 e. The van der Waals surface area contributed by atoms with Crippen LogP contribution in [0.15, 0.2) is 293 Å². The van der Waals surface area contributed by atoms with E-state index in [-0.39, 0.29) is 99.0 Å². The van der Waals surface area contributed by atoms with Crippen molar-refractivity contribution < 1.29 is 137 Å². The number of phenolic OH excluding ortho intramolecular Hbond substituents is 4. The Hall–Kier alpha value is -16.6. The van der Waals surface area contributed by atoms with E-state index in [0.717, 1.165) is 53.9 Å². The van der Waals surface area contributed by atoms with Crippen LogP contribution >= 0.6 is 0 Å². The summed E-state index contributed by atoms with van der Waals surface area (Å²) in [5.41, 5.74) is -2.10. The summed E-state index contributed by atoms with van der Waals surface area (Å²) < 4.78 is 81.5. The van der Waals surface area contributed by atoms with Crippen molar-refractivity contribution in [2.24, 2.45) is 0 Å². The van der Waals surface area contributed by atoms with Crippen LogP contribution in [-0.2, 0) is 40.3 Å². The normalized spacial score (nSPS) is 12.8. The number of phenols is 4. The van der Waals surface area contributed by atoms with Gasteiger partial charge in [-0.2, -0.15) is 0 Å². The molecule has 0 amide bonds. The first kappa shape index (κ1) is 101. The number of aromatic nitrogens is 3. The smallest absolute Gasteiger partial charge is 0.338 e. The van der Waals surface area contributed by atoms with Crippen molar-refractivity contribution in [3.8, 4) is 86.2 Å². The Kier molecular flexibility index (Phi) is 33.4. The van der Waals surface area contributed by atoms with E-state index in [1.807, 2.05) is 97.1 Å². The molecule has 0 bridgehead atoms. The number of hydrogen-bond donors (Lipinski definition) is 11. The van der Waals surface area contributed by atoms with Crippen LogP contribution in [0.5, 0.6) is 86.2 Å². The molecule has 11 N–H and O–H groups in total. The number of ether oxygens (including phenoxy) is 14. The topological polar surface area (TPSA) is 469 Å². The number of esters is 3. The fourth-order valence-corrected chi connectivity index (χ4v) is 15.5. The number of carbonyl (C=O) groups excluding carboxylic acids is 3. The number of fused-ring (bicyclic) bond motifs is 6. The molecule has 143 heavy (non-hydrogen) atoms. The van der Waals surface area contributed by atoms with Crippen LogP contribution < -0.4 is 69.2 Å². The molecule has 0 radical (unpaired) electrons. The van der Waals surface area contributed by atoms with Crippen LogP contribution in [-0.4, -0.2) is 225 Å². The van der Waals surface area contributed by atoms with Crippen LogP contribution in [0.2, 0.25) is 0 Å².